The van der Waals surface area contributed by atoms with Crippen LogP contribution in [0.15, 0.2) is 42.6 Å². The minimum atomic E-state index is -0.541. The SMILES string of the molecule is Cc1cnn(Cc2cc(F)ccc2F)c1NC(=O)c1ccc2nc(C)c(C)nc2c1. The van der Waals surface area contributed by atoms with Crippen molar-refractivity contribution in [2.45, 2.75) is 27.3 Å². The summed E-state index contributed by atoms with van der Waals surface area (Å²) in [5.41, 5.74) is 4.21. The number of nitrogens with zero attached hydrogens (tertiary/aromatic N) is 4. The van der Waals surface area contributed by atoms with Crippen molar-refractivity contribution in [3.63, 3.8) is 0 Å². The lowest BCUT2D eigenvalue weighted by atomic mass is 10.1. The maximum absolute atomic E-state index is 14.0. The van der Waals surface area contributed by atoms with Gasteiger partial charge in [0.1, 0.15) is 17.5 Å². The van der Waals surface area contributed by atoms with E-state index in [-0.39, 0.29) is 18.0 Å². The molecule has 0 aliphatic carbocycles. The highest BCUT2D eigenvalue weighted by atomic mass is 19.1. The molecule has 1 amide bonds. The molecule has 0 aliphatic rings. The van der Waals surface area contributed by atoms with E-state index in [1.54, 1.807) is 31.3 Å². The predicted molar refractivity (Wildman–Crippen MR) is 109 cm³/mol. The number of carbonyl (C=O) groups excluding carboxylic acids is 1. The predicted octanol–water partition coefficient (Wildman–Crippen LogP) is 4.33. The first-order valence-electron chi connectivity index (χ1n) is 9.34. The van der Waals surface area contributed by atoms with E-state index < -0.39 is 11.6 Å². The lowest BCUT2D eigenvalue weighted by Gasteiger charge is -2.11. The van der Waals surface area contributed by atoms with Gasteiger partial charge in [0, 0.05) is 16.7 Å². The lowest BCUT2D eigenvalue weighted by Crippen LogP contribution is -2.17. The second kappa shape index (κ2) is 7.62. The minimum absolute atomic E-state index is 0.0191. The van der Waals surface area contributed by atoms with Gasteiger partial charge in [-0.05, 0) is 57.2 Å². The quantitative estimate of drug-likeness (QED) is 0.547. The van der Waals surface area contributed by atoms with Crippen molar-refractivity contribution in [3.05, 3.63) is 82.3 Å². The molecular formula is C22H19F2N5O. The van der Waals surface area contributed by atoms with E-state index in [1.807, 2.05) is 13.8 Å². The molecule has 4 aromatic rings. The fourth-order valence-corrected chi connectivity index (χ4v) is 3.14. The van der Waals surface area contributed by atoms with Crippen molar-refractivity contribution >= 4 is 22.8 Å². The maximum atomic E-state index is 14.0. The second-order valence-electron chi connectivity index (χ2n) is 7.12. The Balaban J connectivity index is 1.62. The summed E-state index contributed by atoms with van der Waals surface area (Å²) in [6.45, 7) is 5.50. The van der Waals surface area contributed by atoms with Gasteiger partial charge in [-0.3, -0.25) is 4.79 Å². The molecule has 0 unspecified atom stereocenters. The first-order valence-corrected chi connectivity index (χ1v) is 9.34. The first kappa shape index (κ1) is 19.6. The molecule has 0 saturated carbocycles. The van der Waals surface area contributed by atoms with Gasteiger partial charge in [0.15, 0.2) is 0 Å². The summed E-state index contributed by atoms with van der Waals surface area (Å²) in [7, 11) is 0. The van der Waals surface area contributed by atoms with Gasteiger partial charge in [0.25, 0.3) is 5.91 Å². The Labute approximate surface area is 171 Å². The number of carbonyl (C=O) groups is 1. The number of benzene rings is 2. The van der Waals surface area contributed by atoms with E-state index in [4.69, 9.17) is 0 Å². The van der Waals surface area contributed by atoms with Crippen LogP contribution in [-0.2, 0) is 6.54 Å². The van der Waals surface area contributed by atoms with Crippen LogP contribution in [0.2, 0.25) is 0 Å². The maximum Gasteiger partial charge on any atom is 0.256 e. The van der Waals surface area contributed by atoms with Crippen molar-refractivity contribution in [1.29, 1.82) is 0 Å². The van der Waals surface area contributed by atoms with Crippen LogP contribution in [0.4, 0.5) is 14.6 Å². The number of rotatable bonds is 4. The molecule has 152 valence electrons. The number of nitrogens with one attached hydrogen (secondary N) is 1. The first-order chi connectivity index (χ1) is 14.3. The van der Waals surface area contributed by atoms with Gasteiger partial charge in [-0.25, -0.2) is 23.4 Å². The Morgan fingerprint density at radius 3 is 2.50 bits per heavy atom. The van der Waals surface area contributed by atoms with Crippen molar-refractivity contribution < 1.29 is 13.6 Å². The Bertz CT molecular complexity index is 1280. The molecule has 0 atom stereocenters. The summed E-state index contributed by atoms with van der Waals surface area (Å²) in [4.78, 5) is 21.8. The van der Waals surface area contributed by atoms with Gasteiger partial charge >= 0.3 is 0 Å². The molecule has 0 radical (unpaired) electrons. The fraction of sp³-hybridized carbons (Fsp3) is 0.182. The third-order valence-electron chi connectivity index (χ3n) is 4.92. The number of aromatic nitrogens is 4. The molecule has 6 nitrogen and oxygen atoms in total. The molecular weight excluding hydrogens is 388 g/mol. The highest BCUT2D eigenvalue weighted by Gasteiger charge is 2.16. The number of amides is 1. The lowest BCUT2D eigenvalue weighted by molar-refractivity contribution is 0.102. The van der Waals surface area contributed by atoms with Crippen LogP contribution in [0.1, 0.15) is 32.9 Å². The van der Waals surface area contributed by atoms with Gasteiger partial charge < -0.3 is 5.32 Å². The number of aryl methyl sites for hydroxylation is 3. The fourth-order valence-electron chi connectivity index (χ4n) is 3.14. The Morgan fingerprint density at radius 2 is 1.73 bits per heavy atom. The Morgan fingerprint density at radius 1 is 1.00 bits per heavy atom. The van der Waals surface area contributed by atoms with E-state index >= 15 is 0 Å². The number of halogens is 2. The smallest absolute Gasteiger partial charge is 0.256 e. The molecule has 0 fully saturated rings. The van der Waals surface area contributed by atoms with Crippen molar-refractivity contribution in [2.75, 3.05) is 5.32 Å². The zero-order valence-corrected chi connectivity index (χ0v) is 16.7. The van der Waals surface area contributed by atoms with Crippen LogP contribution >= 0.6 is 0 Å². The summed E-state index contributed by atoms with van der Waals surface area (Å²) >= 11 is 0. The molecule has 0 spiro atoms. The zero-order valence-electron chi connectivity index (χ0n) is 16.7. The molecule has 1 N–H and O–H groups in total. The van der Waals surface area contributed by atoms with Crippen molar-refractivity contribution in [1.82, 2.24) is 19.7 Å². The van der Waals surface area contributed by atoms with Crippen LogP contribution in [0, 0.1) is 32.4 Å². The van der Waals surface area contributed by atoms with E-state index in [2.05, 4.69) is 20.4 Å². The molecule has 0 aliphatic heterocycles. The average molecular weight is 407 g/mol. The zero-order chi connectivity index (χ0) is 21.4. The van der Waals surface area contributed by atoms with E-state index in [0.717, 1.165) is 29.6 Å². The van der Waals surface area contributed by atoms with E-state index in [0.29, 0.717) is 28.0 Å². The van der Waals surface area contributed by atoms with Crippen LogP contribution < -0.4 is 5.32 Å². The summed E-state index contributed by atoms with van der Waals surface area (Å²) in [5, 5.41) is 7.01. The number of fused-ring (bicyclic) bond motifs is 1. The monoisotopic (exact) mass is 407 g/mol. The summed E-state index contributed by atoms with van der Waals surface area (Å²) < 4.78 is 28.9. The van der Waals surface area contributed by atoms with Gasteiger partial charge in [-0.2, -0.15) is 5.10 Å². The summed E-state index contributed by atoms with van der Waals surface area (Å²) in [6, 6.07) is 8.33. The van der Waals surface area contributed by atoms with Crippen molar-refractivity contribution in [2.24, 2.45) is 0 Å². The second-order valence-corrected chi connectivity index (χ2v) is 7.12. The molecule has 4 rings (SSSR count). The van der Waals surface area contributed by atoms with E-state index in [9.17, 15) is 13.6 Å². The number of hydrogen-bond acceptors (Lipinski definition) is 4. The van der Waals surface area contributed by atoms with E-state index in [1.165, 1.54) is 4.68 Å². The Kier molecular flexibility index (Phi) is 4.99. The van der Waals surface area contributed by atoms with Gasteiger partial charge in [0.2, 0.25) is 0 Å². The third kappa shape index (κ3) is 3.76. The summed E-state index contributed by atoms with van der Waals surface area (Å²) in [5.74, 6) is -1.03. The molecule has 2 aromatic carbocycles. The van der Waals surface area contributed by atoms with Crippen molar-refractivity contribution in [3.8, 4) is 0 Å². The normalized spacial score (nSPS) is 11.1. The standard InChI is InChI=1S/C22H19F2N5O/c1-12-10-25-29(11-16-8-17(23)5-6-18(16)24)21(12)28-22(30)15-4-7-19-20(9-15)27-14(3)13(2)26-19/h4-10H,11H2,1-3H3,(H,28,30). The molecule has 0 bridgehead atoms. The topological polar surface area (TPSA) is 72.7 Å². The Hall–Kier alpha value is -3.68. The highest BCUT2D eigenvalue weighted by Crippen LogP contribution is 2.20. The highest BCUT2D eigenvalue weighted by molar-refractivity contribution is 6.05. The largest absolute Gasteiger partial charge is 0.307 e. The molecule has 30 heavy (non-hydrogen) atoms. The molecule has 8 heteroatoms. The third-order valence-corrected chi connectivity index (χ3v) is 4.92. The molecule has 2 aromatic heterocycles. The van der Waals surface area contributed by atoms with Gasteiger partial charge in [-0.1, -0.05) is 0 Å². The van der Waals surface area contributed by atoms with Crippen LogP contribution in [0.3, 0.4) is 0 Å². The summed E-state index contributed by atoms with van der Waals surface area (Å²) in [6.07, 6.45) is 1.56. The van der Waals surface area contributed by atoms with Gasteiger partial charge in [0.05, 0.1) is 35.2 Å². The van der Waals surface area contributed by atoms with Crippen LogP contribution in [0.5, 0.6) is 0 Å². The van der Waals surface area contributed by atoms with Crippen LogP contribution in [0.25, 0.3) is 11.0 Å². The number of hydrogen-bond donors (Lipinski definition) is 1. The van der Waals surface area contributed by atoms with Crippen LogP contribution in [-0.4, -0.2) is 25.7 Å². The molecule has 0 saturated heterocycles. The average Bonchev–Trinajstić information content (AvgIpc) is 3.04. The van der Waals surface area contributed by atoms with Gasteiger partial charge in [-0.15, -0.1) is 0 Å². The number of anilines is 1. The minimum Gasteiger partial charge on any atom is -0.307 e. The molecule has 2 heterocycles.